The third kappa shape index (κ3) is 5.30. The van der Waals surface area contributed by atoms with E-state index in [0.29, 0.717) is 23.8 Å². The summed E-state index contributed by atoms with van der Waals surface area (Å²) in [7, 11) is -1.62. The summed E-state index contributed by atoms with van der Waals surface area (Å²) in [6, 6.07) is 17.0. The van der Waals surface area contributed by atoms with Crippen LogP contribution in [-0.2, 0) is 22.3 Å². The molecule has 0 N–H and O–H groups in total. The number of aromatic nitrogens is 2. The van der Waals surface area contributed by atoms with Gasteiger partial charge in [-0.25, -0.2) is 9.19 Å². The third-order valence-electron chi connectivity index (χ3n) is 4.74. The van der Waals surface area contributed by atoms with Gasteiger partial charge in [-0.3, -0.25) is 14.1 Å². The SMILES string of the molecule is CCN(Cc1ccccn1)C(=O)CN(c1ccc(C)cc1)S(=O)c1ncccc1C. The molecular formula is C23H26N4O2S. The average molecular weight is 423 g/mol. The number of carbonyl (C=O) groups is 1. The number of likely N-dealkylation sites (N-methyl/N-ethyl adjacent to an activating group) is 1. The lowest BCUT2D eigenvalue weighted by atomic mass is 10.2. The first-order valence-corrected chi connectivity index (χ1v) is 11.0. The van der Waals surface area contributed by atoms with Crippen molar-refractivity contribution >= 4 is 22.6 Å². The monoisotopic (exact) mass is 422 g/mol. The third-order valence-corrected chi connectivity index (χ3v) is 6.24. The van der Waals surface area contributed by atoms with Crippen molar-refractivity contribution in [3.63, 3.8) is 0 Å². The number of aryl methyl sites for hydroxylation is 2. The van der Waals surface area contributed by atoms with Crippen molar-refractivity contribution in [2.45, 2.75) is 32.3 Å². The van der Waals surface area contributed by atoms with Crippen molar-refractivity contribution in [1.82, 2.24) is 14.9 Å². The van der Waals surface area contributed by atoms with E-state index in [9.17, 15) is 9.00 Å². The normalized spacial score (nSPS) is 11.7. The minimum absolute atomic E-state index is 0.0215. The lowest BCUT2D eigenvalue weighted by Crippen LogP contribution is -2.41. The number of hydrogen-bond donors (Lipinski definition) is 0. The van der Waals surface area contributed by atoms with Gasteiger partial charge in [-0.1, -0.05) is 29.8 Å². The lowest BCUT2D eigenvalue weighted by molar-refractivity contribution is -0.130. The number of rotatable bonds is 8. The van der Waals surface area contributed by atoms with Crippen molar-refractivity contribution < 1.29 is 9.00 Å². The van der Waals surface area contributed by atoms with Gasteiger partial charge in [0.25, 0.3) is 0 Å². The Hall–Kier alpha value is -3.06. The molecule has 1 amide bonds. The molecule has 2 aromatic heterocycles. The maximum atomic E-state index is 13.4. The predicted octanol–water partition coefficient (Wildman–Crippen LogP) is 3.67. The number of nitrogens with zero attached hydrogens (tertiary/aromatic N) is 4. The molecule has 0 fully saturated rings. The van der Waals surface area contributed by atoms with E-state index in [-0.39, 0.29) is 12.5 Å². The van der Waals surface area contributed by atoms with Crippen LogP contribution in [-0.4, -0.2) is 38.1 Å². The van der Waals surface area contributed by atoms with E-state index in [1.165, 1.54) is 0 Å². The summed E-state index contributed by atoms with van der Waals surface area (Å²) in [5, 5.41) is 0.457. The second-order valence-electron chi connectivity index (χ2n) is 6.98. The highest BCUT2D eigenvalue weighted by atomic mass is 32.2. The Bertz CT molecular complexity index is 1010. The lowest BCUT2D eigenvalue weighted by Gasteiger charge is -2.27. The summed E-state index contributed by atoms with van der Waals surface area (Å²) in [4.78, 5) is 23.5. The van der Waals surface area contributed by atoms with Crippen molar-refractivity contribution in [3.05, 3.63) is 83.8 Å². The first kappa shape index (κ1) is 21.6. The van der Waals surface area contributed by atoms with Gasteiger partial charge in [-0.05, 0) is 56.7 Å². The number of benzene rings is 1. The molecular weight excluding hydrogens is 396 g/mol. The van der Waals surface area contributed by atoms with Crippen molar-refractivity contribution in [2.75, 3.05) is 17.4 Å². The molecule has 1 atom stereocenters. The van der Waals surface area contributed by atoms with Gasteiger partial charge in [0.15, 0.2) is 16.0 Å². The molecule has 0 saturated carbocycles. The zero-order valence-electron chi connectivity index (χ0n) is 17.5. The molecule has 0 saturated heterocycles. The van der Waals surface area contributed by atoms with E-state index in [2.05, 4.69) is 9.97 Å². The van der Waals surface area contributed by atoms with Gasteiger partial charge in [-0.15, -0.1) is 0 Å². The van der Waals surface area contributed by atoms with E-state index < -0.39 is 11.0 Å². The summed E-state index contributed by atoms with van der Waals surface area (Å²) >= 11 is 0. The Balaban J connectivity index is 1.88. The Labute approximate surface area is 180 Å². The fraction of sp³-hybridized carbons (Fsp3) is 0.261. The summed E-state index contributed by atoms with van der Waals surface area (Å²) in [6.07, 6.45) is 3.33. The minimum Gasteiger partial charge on any atom is -0.336 e. The Morgan fingerprint density at radius 3 is 2.33 bits per heavy atom. The molecule has 7 heteroatoms. The van der Waals surface area contributed by atoms with Crippen LogP contribution in [0.2, 0.25) is 0 Å². The molecule has 6 nitrogen and oxygen atoms in total. The van der Waals surface area contributed by atoms with Crippen molar-refractivity contribution in [3.8, 4) is 0 Å². The van der Waals surface area contributed by atoms with Crippen LogP contribution >= 0.6 is 0 Å². The van der Waals surface area contributed by atoms with Crippen LogP contribution < -0.4 is 4.31 Å². The molecule has 0 aliphatic rings. The van der Waals surface area contributed by atoms with Crippen LogP contribution in [0.15, 0.2) is 72.0 Å². The summed E-state index contributed by atoms with van der Waals surface area (Å²) in [6.45, 7) is 6.71. The molecule has 0 aliphatic heterocycles. The van der Waals surface area contributed by atoms with Gasteiger partial charge in [0.1, 0.15) is 6.54 Å². The van der Waals surface area contributed by atoms with E-state index >= 15 is 0 Å². The minimum atomic E-state index is -1.62. The zero-order chi connectivity index (χ0) is 21.5. The van der Waals surface area contributed by atoms with Crippen molar-refractivity contribution in [2.24, 2.45) is 0 Å². The summed E-state index contributed by atoms with van der Waals surface area (Å²) < 4.78 is 15.1. The van der Waals surface area contributed by atoms with Crippen LogP contribution in [0.5, 0.6) is 0 Å². The molecule has 0 spiro atoms. The molecule has 3 rings (SSSR count). The van der Waals surface area contributed by atoms with E-state index in [1.54, 1.807) is 21.6 Å². The van der Waals surface area contributed by atoms with Crippen LogP contribution in [0.4, 0.5) is 5.69 Å². The summed E-state index contributed by atoms with van der Waals surface area (Å²) in [5.74, 6) is -0.120. The highest BCUT2D eigenvalue weighted by Gasteiger charge is 2.24. The summed E-state index contributed by atoms with van der Waals surface area (Å²) in [5.41, 5.74) is 3.44. The van der Waals surface area contributed by atoms with E-state index in [1.807, 2.05) is 75.4 Å². The highest BCUT2D eigenvalue weighted by Crippen LogP contribution is 2.22. The number of hydrogen-bond acceptors (Lipinski definition) is 4. The van der Waals surface area contributed by atoms with Gasteiger partial charge in [0.2, 0.25) is 5.91 Å². The molecule has 30 heavy (non-hydrogen) atoms. The maximum Gasteiger partial charge on any atom is 0.243 e. The smallest absolute Gasteiger partial charge is 0.243 e. The fourth-order valence-corrected chi connectivity index (χ4v) is 4.25. The maximum absolute atomic E-state index is 13.4. The largest absolute Gasteiger partial charge is 0.336 e. The average Bonchev–Trinajstić information content (AvgIpc) is 2.77. The number of pyridine rings is 2. The first-order chi connectivity index (χ1) is 14.5. The second kappa shape index (κ2) is 10.1. The molecule has 3 aromatic rings. The van der Waals surface area contributed by atoms with Crippen LogP contribution in [0.3, 0.4) is 0 Å². The molecule has 0 bridgehead atoms. The van der Waals surface area contributed by atoms with Crippen LogP contribution in [0, 0.1) is 13.8 Å². The molecule has 2 heterocycles. The molecule has 0 radical (unpaired) electrons. The molecule has 1 unspecified atom stereocenters. The topological polar surface area (TPSA) is 66.4 Å². The first-order valence-electron chi connectivity index (χ1n) is 9.85. The molecule has 1 aromatic carbocycles. The zero-order valence-corrected chi connectivity index (χ0v) is 18.3. The van der Waals surface area contributed by atoms with Crippen LogP contribution in [0.1, 0.15) is 23.7 Å². The standard InChI is InChI=1S/C23H26N4O2S/c1-4-26(16-20-9-5-6-14-24-20)22(28)17-27(21-12-10-18(2)11-13-21)30(29)23-19(3)8-7-15-25-23/h5-15H,4,16-17H2,1-3H3. The van der Waals surface area contributed by atoms with Crippen LogP contribution in [0.25, 0.3) is 0 Å². The van der Waals surface area contributed by atoms with Gasteiger partial charge in [-0.2, -0.15) is 0 Å². The number of anilines is 1. The van der Waals surface area contributed by atoms with Gasteiger partial charge >= 0.3 is 0 Å². The number of carbonyl (C=O) groups excluding carboxylic acids is 1. The Morgan fingerprint density at radius 1 is 0.967 bits per heavy atom. The fourth-order valence-electron chi connectivity index (χ4n) is 3.00. The molecule has 0 aliphatic carbocycles. The quantitative estimate of drug-likeness (QED) is 0.556. The second-order valence-corrected chi connectivity index (χ2v) is 8.30. The van der Waals surface area contributed by atoms with Gasteiger partial charge in [0, 0.05) is 18.9 Å². The highest BCUT2D eigenvalue weighted by molar-refractivity contribution is 7.86. The predicted molar refractivity (Wildman–Crippen MR) is 119 cm³/mol. The van der Waals surface area contributed by atoms with E-state index in [4.69, 9.17) is 0 Å². The number of amides is 1. The molecule has 156 valence electrons. The van der Waals surface area contributed by atoms with Gasteiger partial charge in [0.05, 0.1) is 17.9 Å². The Kier molecular flexibility index (Phi) is 7.30. The van der Waals surface area contributed by atoms with Gasteiger partial charge < -0.3 is 4.90 Å². The van der Waals surface area contributed by atoms with E-state index in [0.717, 1.165) is 16.8 Å². The Morgan fingerprint density at radius 2 is 1.70 bits per heavy atom. The van der Waals surface area contributed by atoms with Crippen molar-refractivity contribution in [1.29, 1.82) is 0 Å².